The number of anilines is 1. The molecule has 124 valence electrons. The van der Waals surface area contributed by atoms with Crippen molar-refractivity contribution in [3.05, 3.63) is 53.6 Å². The van der Waals surface area contributed by atoms with Gasteiger partial charge in [-0.15, -0.1) is 0 Å². The van der Waals surface area contributed by atoms with Crippen LogP contribution in [0.2, 0.25) is 0 Å². The number of thiazole rings is 1. The number of ether oxygens (including phenoxy) is 1. The number of carbonyl (C=O) groups excluding carboxylic acids is 1. The summed E-state index contributed by atoms with van der Waals surface area (Å²) in [4.78, 5) is 16.8. The lowest BCUT2D eigenvalue weighted by Crippen LogP contribution is -2.11. The highest BCUT2D eigenvalue weighted by Crippen LogP contribution is 2.29. The van der Waals surface area contributed by atoms with Gasteiger partial charge in [-0.2, -0.15) is 0 Å². The summed E-state index contributed by atoms with van der Waals surface area (Å²) < 4.78 is 6.72. The summed E-state index contributed by atoms with van der Waals surface area (Å²) in [6, 6.07) is 13.3. The van der Waals surface area contributed by atoms with E-state index in [1.807, 2.05) is 43.3 Å². The van der Waals surface area contributed by atoms with Crippen LogP contribution in [0.3, 0.4) is 0 Å². The standard InChI is InChI=1S/C19H20N2O2S/c1-3-4-10-23-15-8-9-16-17(12-15)24-19(20-16)21-18(22)14-7-5-6-13(2)11-14/h5-9,11-12H,3-4,10H2,1-2H3,(H,20,21,22). The number of amides is 1. The molecule has 0 aliphatic rings. The van der Waals surface area contributed by atoms with Gasteiger partial charge in [0.25, 0.3) is 5.91 Å². The van der Waals surface area contributed by atoms with Crippen LogP contribution in [0.1, 0.15) is 35.7 Å². The number of carbonyl (C=O) groups is 1. The smallest absolute Gasteiger partial charge is 0.257 e. The molecule has 0 aliphatic carbocycles. The first kappa shape index (κ1) is 16.5. The topological polar surface area (TPSA) is 51.2 Å². The molecule has 5 heteroatoms. The molecule has 1 aromatic heterocycles. The number of nitrogens with one attached hydrogen (secondary N) is 1. The van der Waals surface area contributed by atoms with E-state index >= 15 is 0 Å². The molecule has 2 aromatic carbocycles. The summed E-state index contributed by atoms with van der Waals surface area (Å²) in [5, 5.41) is 3.47. The maximum atomic E-state index is 12.3. The largest absolute Gasteiger partial charge is 0.494 e. The molecule has 24 heavy (non-hydrogen) atoms. The van der Waals surface area contributed by atoms with Crippen LogP contribution in [0.4, 0.5) is 5.13 Å². The van der Waals surface area contributed by atoms with Gasteiger partial charge in [-0.1, -0.05) is 42.4 Å². The summed E-state index contributed by atoms with van der Waals surface area (Å²) in [5.41, 5.74) is 2.56. The molecule has 3 rings (SSSR count). The van der Waals surface area contributed by atoms with Gasteiger partial charge in [-0.25, -0.2) is 4.98 Å². The molecular formula is C19H20N2O2S. The second-order valence-corrected chi connectivity index (χ2v) is 6.70. The SMILES string of the molecule is CCCCOc1ccc2nc(NC(=O)c3cccc(C)c3)sc2c1. The van der Waals surface area contributed by atoms with E-state index in [0.717, 1.165) is 41.0 Å². The normalized spacial score (nSPS) is 10.8. The second-order valence-electron chi connectivity index (χ2n) is 5.67. The summed E-state index contributed by atoms with van der Waals surface area (Å²) in [5.74, 6) is 0.702. The third kappa shape index (κ3) is 3.92. The van der Waals surface area contributed by atoms with Crippen LogP contribution < -0.4 is 10.1 Å². The Morgan fingerprint density at radius 1 is 1.25 bits per heavy atom. The van der Waals surface area contributed by atoms with Crippen LogP contribution in [-0.4, -0.2) is 17.5 Å². The van der Waals surface area contributed by atoms with Crippen molar-refractivity contribution in [3.63, 3.8) is 0 Å². The van der Waals surface area contributed by atoms with Gasteiger partial charge in [-0.3, -0.25) is 10.1 Å². The third-order valence-electron chi connectivity index (χ3n) is 3.63. The zero-order valence-electron chi connectivity index (χ0n) is 13.8. The number of unbranched alkanes of at least 4 members (excludes halogenated alkanes) is 1. The third-order valence-corrected chi connectivity index (χ3v) is 4.56. The summed E-state index contributed by atoms with van der Waals surface area (Å²) >= 11 is 1.45. The van der Waals surface area contributed by atoms with E-state index in [2.05, 4.69) is 17.2 Å². The average molecular weight is 340 g/mol. The van der Waals surface area contributed by atoms with Gasteiger partial charge >= 0.3 is 0 Å². The Balaban J connectivity index is 1.74. The average Bonchev–Trinajstić information content (AvgIpc) is 2.96. The lowest BCUT2D eigenvalue weighted by atomic mass is 10.1. The van der Waals surface area contributed by atoms with Gasteiger partial charge in [-0.05, 0) is 43.7 Å². The fourth-order valence-corrected chi connectivity index (χ4v) is 3.23. The van der Waals surface area contributed by atoms with Crippen LogP contribution in [-0.2, 0) is 0 Å². The zero-order chi connectivity index (χ0) is 16.9. The van der Waals surface area contributed by atoms with Gasteiger partial charge < -0.3 is 4.74 Å². The van der Waals surface area contributed by atoms with Crippen molar-refractivity contribution in [1.29, 1.82) is 0 Å². The summed E-state index contributed by atoms with van der Waals surface area (Å²) in [6.07, 6.45) is 2.15. The maximum absolute atomic E-state index is 12.3. The molecule has 0 fully saturated rings. The molecule has 0 aliphatic heterocycles. The van der Waals surface area contributed by atoms with Crippen molar-refractivity contribution < 1.29 is 9.53 Å². The predicted molar refractivity (Wildman–Crippen MR) is 99.2 cm³/mol. The van der Waals surface area contributed by atoms with Crippen molar-refractivity contribution in [2.75, 3.05) is 11.9 Å². The number of nitrogens with zero attached hydrogens (tertiary/aromatic N) is 1. The first-order chi connectivity index (χ1) is 11.7. The highest BCUT2D eigenvalue weighted by atomic mass is 32.1. The zero-order valence-corrected chi connectivity index (χ0v) is 14.7. The van der Waals surface area contributed by atoms with Gasteiger partial charge in [0.05, 0.1) is 16.8 Å². The molecule has 0 saturated carbocycles. The molecule has 0 spiro atoms. The molecule has 0 radical (unpaired) electrons. The van der Waals surface area contributed by atoms with Crippen molar-refractivity contribution in [2.45, 2.75) is 26.7 Å². The van der Waals surface area contributed by atoms with Crippen LogP contribution in [0.25, 0.3) is 10.2 Å². The molecule has 1 amide bonds. The van der Waals surface area contributed by atoms with Crippen LogP contribution in [0.15, 0.2) is 42.5 Å². The monoisotopic (exact) mass is 340 g/mol. The highest BCUT2D eigenvalue weighted by molar-refractivity contribution is 7.22. The molecule has 1 N–H and O–H groups in total. The molecule has 1 heterocycles. The fraction of sp³-hybridized carbons (Fsp3) is 0.263. The molecule has 0 atom stereocenters. The van der Waals surface area contributed by atoms with E-state index in [-0.39, 0.29) is 5.91 Å². The number of benzene rings is 2. The van der Waals surface area contributed by atoms with Gasteiger partial charge in [0.1, 0.15) is 5.75 Å². The Morgan fingerprint density at radius 3 is 2.92 bits per heavy atom. The summed E-state index contributed by atoms with van der Waals surface area (Å²) in [6.45, 7) is 4.82. The molecule has 4 nitrogen and oxygen atoms in total. The molecule has 0 unspecified atom stereocenters. The van der Waals surface area contributed by atoms with E-state index < -0.39 is 0 Å². The van der Waals surface area contributed by atoms with Crippen molar-refractivity contribution in [2.24, 2.45) is 0 Å². The van der Waals surface area contributed by atoms with Crippen molar-refractivity contribution in [3.8, 4) is 5.75 Å². The Morgan fingerprint density at radius 2 is 2.12 bits per heavy atom. The minimum atomic E-state index is -0.142. The highest BCUT2D eigenvalue weighted by Gasteiger charge is 2.10. The minimum absolute atomic E-state index is 0.142. The van der Waals surface area contributed by atoms with E-state index in [1.54, 1.807) is 6.07 Å². The van der Waals surface area contributed by atoms with E-state index in [0.29, 0.717) is 10.7 Å². The first-order valence-corrected chi connectivity index (χ1v) is 8.89. The fourth-order valence-electron chi connectivity index (χ4n) is 2.34. The molecular weight excluding hydrogens is 320 g/mol. The van der Waals surface area contributed by atoms with E-state index in [9.17, 15) is 4.79 Å². The number of aromatic nitrogens is 1. The van der Waals surface area contributed by atoms with E-state index in [1.165, 1.54) is 11.3 Å². The quantitative estimate of drug-likeness (QED) is 0.640. The lowest BCUT2D eigenvalue weighted by molar-refractivity contribution is 0.102. The number of aryl methyl sites for hydroxylation is 1. The Labute approximate surface area is 145 Å². The Hall–Kier alpha value is -2.40. The van der Waals surface area contributed by atoms with Crippen LogP contribution in [0, 0.1) is 6.92 Å². The molecule has 0 bridgehead atoms. The molecule has 3 aromatic rings. The van der Waals surface area contributed by atoms with Crippen LogP contribution in [0.5, 0.6) is 5.75 Å². The van der Waals surface area contributed by atoms with Crippen molar-refractivity contribution >= 4 is 32.6 Å². The Kier molecular flexibility index (Phi) is 5.11. The lowest BCUT2D eigenvalue weighted by Gasteiger charge is -2.04. The van der Waals surface area contributed by atoms with E-state index in [4.69, 9.17) is 4.74 Å². The second kappa shape index (κ2) is 7.45. The number of fused-ring (bicyclic) bond motifs is 1. The Bertz CT molecular complexity index is 857. The first-order valence-electron chi connectivity index (χ1n) is 8.07. The summed E-state index contributed by atoms with van der Waals surface area (Å²) in [7, 11) is 0. The minimum Gasteiger partial charge on any atom is -0.494 e. The number of hydrogen-bond donors (Lipinski definition) is 1. The van der Waals surface area contributed by atoms with Gasteiger partial charge in [0.15, 0.2) is 5.13 Å². The molecule has 0 saturated heterocycles. The van der Waals surface area contributed by atoms with Gasteiger partial charge in [0.2, 0.25) is 0 Å². The maximum Gasteiger partial charge on any atom is 0.257 e. The van der Waals surface area contributed by atoms with Gasteiger partial charge in [0, 0.05) is 5.56 Å². The predicted octanol–water partition coefficient (Wildman–Crippen LogP) is 5.04. The van der Waals surface area contributed by atoms with Crippen molar-refractivity contribution in [1.82, 2.24) is 4.98 Å². The van der Waals surface area contributed by atoms with Crippen LogP contribution >= 0.6 is 11.3 Å². The number of rotatable bonds is 6. The number of hydrogen-bond acceptors (Lipinski definition) is 4.